The Kier molecular flexibility index (Phi) is 3.89. The van der Waals surface area contributed by atoms with Crippen molar-refractivity contribution in [2.75, 3.05) is 6.54 Å². The summed E-state index contributed by atoms with van der Waals surface area (Å²) in [5, 5.41) is 17.1. The number of aryl methyl sites for hydroxylation is 2. The van der Waals surface area contributed by atoms with E-state index in [0.717, 1.165) is 31.0 Å². The molecule has 1 saturated carbocycles. The second-order valence-corrected chi connectivity index (χ2v) is 5.36. The summed E-state index contributed by atoms with van der Waals surface area (Å²) >= 11 is 0. The van der Waals surface area contributed by atoms with E-state index in [9.17, 15) is 9.90 Å². The molecule has 1 aliphatic carbocycles. The summed E-state index contributed by atoms with van der Waals surface area (Å²) in [6, 6.07) is 0.127. The van der Waals surface area contributed by atoms with Crippen molar-refractivity contribution in [2.24, 2.45) is 0 Å². The fourth-order valence-electron chi connectivity index (χ4n) is 2.90. The van der Waals surface area contributed by atoms with Crippen molar-refractivity contribution in [3.8, 4) is 0 Å². The molecular weight excluding hydrogens is 244 g/mol. The molecule has 106 valence electrons. The number of rotatable bonds is 5. The summed E-state index contributed by atoms with van der Waals surface area (Å²) in [5.74, 6) is 0.851. The van der Waals surface area contributed by atoms with Gasteiger partial charge in [0.25, 0.3) is 0 Å². The van der Waals surface area contributed by atoms with Crippen LogP contribution in [0.2, 0.25) is 0 Å². The van der Waals surface area contributed by atoms with Gasteiger partial charge in [0.15, 0.2) is 0 Å². The van der Waals surface area contributed by atoms with E-state index in [2.05, 4.69) is 15.4 Å². The Morgan fingerprint density at radius 3 is 2.84 bits per heavy atom. The van der Waals surface area contributed by atoms with Gasteiger partial charge in [0, 0.05) is 0 Å². The molecule has 6 heteroatoms. The number of hydrogen-bond acceptors (Lipinski definition) is 4. The predicted molar refractivity (Wildman–Crippen MR) is 71.0 cm³/mol. The molecule has 2 N–H and O–H groups in total. The molecule has 1 fully saturated rings. The number of carboxylic acid groups (broad SMARTS) is 1. The lowest BCUT2D eigenvalue weighted by molar-refractivity contribution is -0.144. The molecule has 0 saturated heterocycles. The van der Waals surface area contributed by atoms with Crippen molar-refractivity contribution in [3.05, 3.63) is 11.6 Å². The molecule has 0 aromatic carbocycles. The van der Waals surface area contributed by atoms with Crippen LogP contribution in [0.4, 0.5) is 0 Å². The lowest BCUT2D eigenvalue weighted by Crippen LogP contribution is -2.50. The van der Waals surface area contributed by atoms with Gasteiger partial charge >= 0.3 is 5.97 Å². The van der Waals surface area contributed by atoms with Gasteiger partial charge in [-0.1, -0.05) is 6.92 Å². The lowest BCUT2D eigenvalue weighted by Gasteiger charge is -2.26. The van der Waals surface area contributed by atoms with Crippen molar-refractivity contribution in [1.29, 1.82) is 0 Å². The zero-order chi connectivity index (χ0) is 14.0. The molecule has 2 atom stereocenters. The van der Waals surface area contributed by atoms with Crippen molar-refractivity contribution in [3.63, 3.8) is 0 Å². The molecular formula is C13H22N4O2. The largest absolute Gasteiger partial charge is 0.480 e. The third-order valence-corrected chi connectivity index (χ3v) is 3.86. The Labute approximate surface area is 113 Å². The van der Waals surface area contributed by atoms with Gasteiger partial charge in [0.2, 0.25) is 0 Å². The van der Waals surface area contributed by atoms with Gasteiger partial charge in [0.1, 0.15) is 17.2 Å². The molecule has 0 spiro atoms. The minimum Gasteiger partial charge on any atom is -0.480 e. The Morgan fingerprint density at radius 2 is 2.32 bits per heavy atom. The average molecular weight is 266 g/mol. The molecule has 0 radical (unpaired) electrons. The fourth-order valence-corrected chi connectivity index (χ4v) is 2.90. The molecule has 2 rings (SSSR count). The van der Waals surface area contributed by atoms with Gasteiger partial charge in [0.05, 0.1) is 6.04 Å². The van der Waals surface area contributed by atoms with Crippen LogP contribution >= 0.6 is 0 Å². The highest BCUT2D eigenvalue weighted by Gasteiger charge is 2.46. The van der Waals surface area contributed by atoms with Gasteiger partial charge in [-0.25, -0.2) is 9.67 Å². The maximum Gasteiger partial charge on any atom is 0.323 e. The van der Waals surface area contributed by atoms with Gasteiger partial charge in [-0.05, 0) is 46.1 Å². The zero-order valence-electron chi connectivity index (χ0n) is 11.8. The minimum atomic E-state index is -0.799. The third-order valence-electron chi connectivity index (χ3n) is 3.86. The van der Waals surface area contributed by atoms with Gasteiger partial charge in [-0.2, -0.15) is 5.10 Å². The van der Waals surface area contributed by atoms with E-state index in [4.69, 9.17) is 0 Å². The quantitative estimate of drug-likeness (QED) is 0.843. The number of aliphatic carboxylic acids is 1. The first-order valence-electron chi connectivity index (χ1n) is 6.86. The van der Waals surface area contributed by atoms with Crippen LogP contribution in [0.3, 0.4) is 0 Å². The van der Waals surface area contributed by atoms with Crippen LogP contribution in [-0.2, 0) is 4.79 Å². The normalized spacial score (nSPS) is 26.8. The first-order chi connectivity index (χ1) is 8.98. The summed E-state index contributed by atoms with van der Waals surface area (Å²) in [6.07, 6.45) is 2.98. The van der Waals surface area contributed by atoms with Gasteiger partial charge in [-0.3, -0.25) is 4.79 Å². The Hall–Kier alpha value is -1.43. The summed E-state index contributed by atoms with van der Waals surface area (Å²) in [5.41, 5.74) is -0.799. The lowest BCUT2D eigenvalue weighted by atomic mass is 9.97. The topological polar surface area (TPSA) is 80.0 Å². The Morgan fingerprint density at radius 1 is 1.58 bits per heavy atom. The number of hydrogen-bond donors (Lipinski definition) is 2. The SMILES string of the molecule is CCCNC1(C(=O)O)CCC(n2nc(C)nc2C)C1. The molecule has 19 heavy (non-hydrogen) atoms. The van der Waals surface area contributed by atoms with Crippen LogP contribution in [0.15, 0.2) is 0 Å². The van der Waals surface area contributed by atoms with Gasteiger partial charge < -0.3 is 10.4 Å². The van der Waals surface area contributed by atoms with Crippen molar-refractivity contribution in [2.45, 2.75) is 58.0 Å². The second-order valence-electron chi connectivity index (χ2n) is 5.36. The first kappa shape index (κ1) is 14.0. The van der Waals surface area contributed by atoms with Crippen molar-refractivity contribution >= 4 is 5.97 Å². The average Bonchev–Trinajstić information content (AvgIpc) is 2.91. The molecule has 1 heterocycles. The molecule has 1 aromatic rings. The molecule has 0 bridgehead atoms. The number of nitrogens with zero attached hydrogens (tertiary/aromatic N) is 3. The molecule has 1 aliphatic rings. The van der Waals surface area contributed by atoms with Crippen molar-refractivity contribution < 1.29 is 9.90 Å². The Balaban J connectivity index is 2.16. The number of nitrogens with one attached hydrogen (secondary N) is 1. The third kappa shape index (κ3) is 2.63. The van der Waals surface area contributed by atoms with Crippen molar-refractivity contribution in [1.82, 2.24) is 20.1 Å². The number of aromatic nitrogens is 3. The van der Waals surface area contributed by atoms with E-state index >= 15 is 0 Å². The van der Waals surface area contributed by atoms with Crippen LogP contribution in [0.25, 0.3) is 0 Å². The zero-order valence-corrected chi connectivity index (χ0v) is 11.8. The van der Waals surface area contributed by atoms with Crippen LogP contribution < -0.4 is 5.32 Å². The maximum absolute atomic E-state index is 11.6. The number of carbonyl (C=O) groups is 1. The monoisotopic (exact) mass is 266 g/mol. The van der Waals surface area contributed by atoms with Crippen LogP contribution in [0, 0.1) is 13.8 Å². The van der Waals surface area contributed by atoms with Crippen LogP contribution in [-0.4, -0.2) is 37.9 Å². The van der Waals surface area contributed by atoms with Crippen LogP contribution in [0.5, 0.6) is 0 Å². The van der Waals surface area contributed by atoms with E-state index in [1.807, 2.05) is 25.5 Å². The van der Waals surface area contributed by atoms with E-state index in [1.165, 1.54) is 0 Å². The number of carboxylic acids is 1. The van der Waals surface area contributed by atoms with Crippen LogP contribution in [0.1, 0.15) is 50.3 Å². The maximum atomic E-state index is 11.6. The van der Waals surface area contributed by atoms with E-state index in [-0.39, 0.29) is 6.04 Å². The standard InChI is InChI=1S/C13H22N4O2/c1-4-7-14-13(12(18)19)6-5-11(8-13)17-10(3)15-9(2)16-17/h11,14H,4-8H2,1-3H3,(H,18,19). The highest BCUT2D eigenvalue weighted by molar-refractivity contribution is 5.79. The Bertz CT molecular complexity index is 471. The molecule has 2 unspecified atom stereocenters. The second kappa shape index (κ2) is 5.28. The first-order valence-corrected chi connectivity index (χ1v) is 6.86. The predicted octanol–water partition coefficient (Wildman–Crippen LogP) is 1.44. The summed E-state index contributed by atoms with van der Waals surface area (Å²) in [7, 11) is 0. The highest BCUT2D eigenvalue weighted by Crippen LogP contribution is 2.38. The summed E-state index contributed by atoms with van der Waals surface area (Å²) in [6.45, 7) is 6.55. The minimum absolute atomic E-state index is 0.127. The molecule has 0 amide bonds. The van der Waals surface area contributed by atoms with E-state index in [0.29, 0.717) is 12.8 Å². The molecule has 0 aliphatic heterocycles. The summed E-state index contributed by atoms with van der Waals surface area (Å²) in [4.78, 5) is 15.9. The highest BCUT2D eigenvalue weighted by atomic mass is 16.4. The molecule has 6 nitrogen and oxygen atoms in total. The van der Waals surface area contributed by atoms with E-state index < -0.39 is 11.5 Å². The smallest absolute Gasteiger partial charge is 0.323 e. The van der Waals surface area contributed by atoms with E-state index in [1.54, 1.807) is 0 Å². The fraction of sp³-hybridized carbons (Fsp3) is 0.769. The van der Waals surface area contributed by atoms with Gasteiger partial charge in [-0.15, -0.1) is 0 Å². The summed E-state index contributed by atoms with van der Waals surface area (Å²) < 4.78 is 1.88. The molecule has 1 aromatic heterocycles.